The number of likely N-dealkylation sites (tertiary alicyclic amines) is 1. The summed E-state index contributed by atoms with van der Waals surface area (Å²) in [5.41, 5.74) is 6.11. The third-order valence-electron chi connectivity index (χ3n) is 7.22. The molecule has 1 fully saturated rings. The van der Waals surface area contributed by atoms with E-state index in [4.69, 9.17) is 0 Å². The highest BCUT2D eigenvalue weighted by Crippen LogP contribution is 2.30. The van der Waals surface area contributed by atoms with E-state index < -0.39 is 0 Å². The molecule has 0 bridgehead atoms. The summed E-state index contributed by atoms with van der Waals surface area (Å²) in [4.78, 5) is 32.1. The molecule has 0 radical (unpaired) electrons. The van der Waals surface area contributed by atoms with Gasteiger partial charge in [-0.05, 0) is 60.1 Å². The third kappa shape index (κ3) is 4.87. The highest BCUT2D eigenvalue weighted by atomic mass is 16.2. The molecule has 0 aliphatic carbocycles. The second-order valence-corrected chi connectivity index (χ2v) is 9.69. The molecule has 0 N–H and O–H groups in total. The van der Waals surface area contributed by atoms with E-state index in [-0.39, 0.29) is 18.1 Å². The quantitative estimate of drug-likeness (QED) is 0.378. The van der Waals surface area contributed by atoms with Crippen LogP contribution in [0.1, 0.15) is 56.4 Å². The Balaban J connectivity index is 1.22. The van der Waals surface area contributed by atoms with E-state index in [0.29, 0.717) is 17.3 Å². The van der Waals surface area contributed by atoms with Crippen LogP contribution in [-0.4, -0.2) is 49.0 Å². The predicted molar refractivity (Wildman–Crippen MR) is 139 cm³/mol. The van der Waals surface area contributed by atoms with Gasteiger partial charge in [0.15, 0.2) is 5.82 Å². The number of Topliss-reactive ketones (excluding diaryl/α,β-unsaturated/α-hetero) is 1. The monoisotopic (exact) mass is 481 g/mol. The molecule has 0 saturated carbocycles. The fourth-order valence-corrected chi connectivity index (χ4v) is 5.00. The molecule has 5 rings (SSSR count). The number of carbonyl (C=O) groups excluding carboxylic acids is 2. The highest BCUT2D eigenvalue weighted by molar-refractivity contribution is 5.97. The van der Waals surface area contributed by atoms with Crippen molar-refractivity contribution >= 4 is 11.7 Å². The molecule has 2 aromatic heterocycles. The Morgan fingerprint density at radius 1 is 1.00 bits per heavy atom. The Hall–Kier alpha value is -4.00. The van der Waals surface area contributed by atoms with Gasteiger partial charge < -0.3 is 9.47 Å². The molecule has 1 aliphatic heterocycles. The van der Waals surface area contributed by atoms with Crippen LogP contribution < -0.4 is 0 Å². The van der Waals surface area contributed by atoms with Crippen LogP contribution in [0.25, 0.3) is 11.1 Å². The average molecular weight is 482 g/mol. The Morgan fingerprint density at radius 3 is 2.39 bits per heavy atom. The molecule has 0 spiro atoms. The lowest BCUT2D eigenvalue weighted by Gasteiger charge is -2.32. The van der Waals surface area contributed by atoms with E-state index in [1.54, 1.807) is 17.0 Å². The fraction of sp³-hybridized carbons (Fsp3) is 0.310. The van der Waals surface area contributed by atoms with Crippen molar-refractivity contribution in [3.63, 3.8) is 0 Å². The van der Waals surface area contributed by atoms with Crippen molar-refractivity contribution in [2.75, 3.05) is 13.1 Å². The number of piperidine rings is 1. The van der Waals surface area contributed by atoms with Crippen molar-refractivity contribution in [1.82, 2.24) is 24.2 Å². The predicted octanol–water partition coefficient (Wildman–Crippen LogP) is 4.57. The normalized spacial score (nSPS) is 14.2. The van der Waals surface area contributed by atoms with Crippen molar-refractivity contribution in [3.8, 4) is 11.1 Å². The largest absolute Gasteiger partial charge is 0.339 e. The van der Waals surface area contributed by atoms with Gasteiger partial charge in [0, 0.05) is 63.3 Å². The molecular weight excluding hydrogens is 450 g/mol. The number of benzene rings is 2. The van der Waals surface area contributed by atoms with E-state index in [1.807, 2.05) is 61.2 Å². The SMILES string of the molecule is Cc1ccc(C(=O)N2CCC(c3ccc(-c4cnn(C)c4)cc3)CC2)cc1CC(=O)c1nccn1C. The van der Waals surface area contributed by atoms with Crippen LogP contribution in [0, 0.1) is 6.92 Å². The molecule has 7 nitrogen and oxygen atoms in total. The number of aryl methyl sites for hydroxylation is 3. The van der Waals surface area contributed by atoms with E-state index in [0.717, 1.165) is 48.2 Å². The lowest BCUT2D eigenvalue weighted by molar-refractivity contribution is 0.0712. The van der Waals surface area contributed by atoms with Crippen LogP contribution in [0.2, 0.25) is 0 Å². The number of nitrogens with zero attached hydrogens (tertiary/aromatic N) is 5. The summed E-state index contributed by atoms with van der Waals surface area (Å²) in [6, 6.07) is 14.4. The molecule has 1 saturated heterocycles. The van der Waals surface area contributed by atoms with E-state index in [1.165, 1.54) is 5.56 Å². The van der Waals surface area contributed by atoms with Gasteiger partial charge in [-0.2, -0.15) is 5.10 Å². The van der Waals surface area contributed by atoms with Gasteiger partial charge in [0.2, 0.25) is 5.78 Å². The minimum Gasteiger partial charge on any atom is -0.339 e. The van der Waals surface area contributed by atoms with Crippen LogP contribution in [-0.2, 0) is 20.5 Å². The van der Waals surface area contributed by atoms with Gasteiger partial charge >= 0.3 is 0 Å². The zero-order valence-corrected chi connectivity index (χ0v) is 21.0. The minimum absolute atomic E-state index is 0.0334. The van der Waals surface area contributed by atoms with Gasteiger partial charge in [-0.25, -0.2) is 4.98 Å². The maximum Gasteiger partial charge on any atom is 0.253 e. The lowest BCUT2D eigenvalue weighted by atomic mass is 9.88. The maximum absolute atomic E-state index is 13.3. The molecular formula is C29H31N5O2. The molecule has 36 heavy (non-hydrogen) atoms. The van der Waals surface area contributed by atoms with Gasteiger partial charge in [-0.15, -0.1) is 0 Å². The smallest absolute Gasteiger partial charge is 0.253 e. The van der Waals surface area contributed by atoms with Crippen molar-refractivity contribution in [1.29, 1.82) is 0 Å². The molecule has 7 heteroatoms. The first-order valence-corrected chi connectivity index (χ1v) is 12.4. The Labute approximate surface area is 211 Å². The van der Waals surface area contributed by atoms with Crippen molar-refractivity contribution in [2.24, 2.45) is 14.1 Å². The van der Waals surface area contributed by atoms with E-state index >= 15 is 0 Å². The highest BCUT2D eigenvalue weighted by Gasteiger charge is 2.25. The van der Waals surface area contributed by atoms with E-state index in [2.05, 4.69) is 34.3 Å². The summed E-state index contributed by atoms with van der Waals surface area (Å²) in [5.74, 6) is 0.860. The molecule has 3 heterocycles. The van der Waals surface area contributed by atoms with Crippen molar-refractivity contribution in [3.05, 3.63) is 95.3 Å². The van der Waals surface area contributed by atoms with Gasteiger partial charge in [0.05, 0.1) is 6.20 Å². The molecule has 4 aromatic rings. The number of ketones is 1. The van der Waals surface area contributed by atoms with Gasteiger partial charge in [-0.3, -0.25) is 14.3 Å². The lowest BCUT2D eigenvalue weighted by Crippen LogP contribution is -2.38. The van der Waals surface area contributed by atoms with Gasteiger partial charge in [-0.1, -0.05) is 30.3 Å². The number of hydrogen-bond acceptors (Lipinski definition) is 4. The van der Waals surface area contributed by atoms with E-state index in [9.17, 15) is 9.59 Å². The second-order valence-electron chi connectivity index (χ2n) is 9.69. The average Bonchev–Trinajstić information content (AvgIpc) is 3.53. The van der Waals surface area contributed by atoms with Crippen molar-refractivity contribution in [2.45, 2.75) is 32.1 Å². The summed E-state index contributed by atoms with van der Waals surface area (Å²) >= 11 is 0. The molecule has 0 unspecified atom stereocenters. The Morgan fingerprint density at radius 2 is 1.75 bits per heavy atom. The number of rotatable bonds is 6. The first kappa shape index (κ1) is 23.7. The van der Waals surface area contributed by atoms with Crippen molar-refractivity contribution < 1.29 is 9.59 Å². The van der Waals surface area contributed by atoms with Crippen LogP contribution in [0.15, 0.2) is 67.3 Å². The summed E-state index contributed by atoms with van der Waals surface area (Å²) in [6.45, 7) is 3.42. The Kier molecular flexibility index (Phi) is 6.55. The standard InChI is InChI=1S/C29H31N5O2/c1-20-4-5-24(16-25(20)17-27(35)28-30-12-15-32(28)2)29(36)34-13-10-23(11-14-34)21-6-8-22(9-7-21)26-18-31-33(3)19-26/h4-9,12,15-16,18-19,23H,10-11,13-14,17H2,1-3H3. The zero-order valence-electron chi connectivity index (χ0n) is 21.0. The number of hydrogen-bond donors (Lipinski definition) is 0. The van der Waals surface area contributed by atoms with Crippen LogP contribution >= 0.6 is 0 Å². The maximum atomic E-state index is 13.3. The number of carbonyl (C=O) groups is 2. The fourth-order valence-electron chi connectivity index (χ4n) is 5.00. The topological polar surface area (TPSA) is 73.0 Å². The molecule has 1 aliphatic rings. The third-order valence-corrected chi connectivity index (χ3v) is 7.22. The van der Waals surface area contributed by atoms with Gasteiger partial charge in [0.1, 0.15) is 0 Å². The number of aromatic nitrogens is 4. The molecule has 1 amide bonds. The summed E-state index contributed by atoms with van der Waals surface area (Å²) in [5, 5.41) is 4.25. The van der Waals surface area contributed by atoms with Gasteiger partial charge in [0.25, 0.3) is 5.91 Å². The van der Waals surface area contributed by atoms with Crippen LogP contribution in [0.4, 0.5) is 0 Å². The molecule has 2 aromatic carbocycles. The van der Waals surface area contributed by atoms with Crippen LogP contribution in [0.5, 0.6) is 0 Å². The second kappa shape index (κ2) is 9.93. The zero-order chi connectivity index (χ0) is 25.2. The molecule has 184 valence electrons. The molecule has 0 atom stereocenters. The van der Waals surface area contributed by atoms with Crippen LogP contribution in [0.3, 0.4) is 0 Å². The number of imidazole rings is 1. The summed E-state index contributed by atoms with van der Waals surface area (Å²) in [6.07, 6.45) is 9.39. The number of amides is 1. The summed E-state index contributed by atoms with van der Waals surface area (Å²) in [7, 11) is 3.73. The first-order chi connectivity index (χ1) is 17.4. The summed E-state index contributed by atoms with van der Waals surface area (Å²) < 4.78 is 3.54. The first-order valence-electron chi connectivity index (χ1n) is 12.4. The Bertz CT molecular complexity index is 1390. The minimum atomic E-state index is -0.0504.